The minimum Gasteiger partial charge on any atom is -0.360 e. The van der Waals surface area contributed by atoms with Crippen molar-refractivity contribution in [3.05, 3.63) is 82.5 Å². The van der Waals surface area contributed by atoms with Gasteiger partial charge in [-0.15, -0.1) is 0 Å². The molecule has 0 unspecified atom stereocenters. The molecular weight excluding hydrogens is 406 g/mol. The number of aromatic nitrogens is 1. The lowest BCUT2D eigenvalue weighted by Gasteiger charge is -2.15. The molecule has 1 saturated heterocycles. The number of nitrogens with zero attached hydrogens (tertiary/aromatic N) is 2. The number of thioether (sulfide) groups is 1. The lowest BCUT2D eigenvalue weighted by atomic mass is 10.1. The summed E-state index contributed by atoms with van der Waals surface area (Å²) in [6, 6.07) is 17.9. The second-order valence-corrected chi connectivity index (χ2v) is 7.93. The number of nitrogens with one attached hydrogen (secondary N) is 1. The molecule has 29 heavy (non-hydrogen) atoms. The third-order valence-electron chi connectivity index (χ3n) is 4.13. The number of amides is 2. The molecule has 1 aliphatic heterocycles. The third-order valence-corrected chi connectivity index (χ3v) is 5.43. The molecule has 2 heterocycles. The first-order chi connectivity index (χ1) is 14.0. The minimum absolute atomic E-state index is 0.214. The Hall–Kier alpha value is -3.23. The van der Waals surface area contributed by atoms with Crippen molar-refractivity contribution >= 4 is 57.7 Å². The summed E-state index contributed by atoms with van der Waals surface area (Å²) in [7, 11) is 0. The predicted molar refractivity (Wildman–Crippen MR) is 118 cm³/mol. The van der Waals surface area contributed by atoms with Gasteiger partial charge in [-0.25, -0.2) is 0 Å². The molecule has 0 spiro atoms. The largest absolute Gasteiger partial charge is 0.360 e. The highest BCUT2D eigenvalue weighted by molar-refractivity contribution is 8.27. The molecule has 0 radical (unpaired) electrons. The van der Waals surface area contributed by atoms with Crippen LogP contribution in [0.1, 0.15) is 21.7 Å². The number of carbonyl (C=O) groups excluding carboxylic acids is 2. The highest BCUT2D eigenvalue weighted by atomic mass is 32.2. The first-order valence-electron chi connectivity index (χ1n) is 8.69. The maximum atomic E-state index is 12.9. The molecule has 0 saturated carbocycles. The molecule has 0 aliphatic carbocycles. The van der Waals surface area contributed by atoms with E-state index in [0.717, 1.165) is 5.56 Å². The van der Waals surface area contributed by atoms with Crippen LogP contribution in [-0.4, -0.2) is 21.3 Å². The SMILES string of the molecule is Cc1cc(NC(=O)c2cccc(N3C(=O)C(=Cc4ccccc4)SC3=S)c2)no1. The van der Waals surface area contributed by atoms with Gasteiger partial charge in [0.15, 0.2) is 10.1 Å². The Labute approximate surface area is 176 Å². The Morgan fingerprint density at radius 3 is 2.69 bits per heavy atom. The number of carbonyl (C=O) groups is 2. The van der Waals surface area contributed by atoms with Crippen molar-refractivity contribution in [1.29, 1.82) is 0 Å². The maximum absolute atomic E-state index is 12.9. The first-order valence-corrected chi connectivity index (χ1v) is 9.91. The van der Waals surface area contributed by atoms with Gasteiger partial charge in [0, 0.05) is 11.6 Å². The molecule has 0 bridgehead atoms. The quantitative estimate of drug-likeness (QED) is 0.489. The van der Waals surface area contributed by atoms with Gasteiger partial charge in [-0.3, -0.25) is 14.5 Å². The van der Waals surface area contributed by atoms with Gasteiger partial charge >= 0.3 is 0 Å². The second-order valence-electron chi connectivity index (χ2n) is 6.26. The topological polar surface area (TPSA) is 75.4 Å². The molecule has 4 rings (SSSR count). The fraction of sp³-hybridized carbons (Fsp3) is 0.0476. The molecule has 3 aromatic rings. The van der Waals surface area contributed by atoms with Crippen molar-refractivity contribution in [3.8, 4) is 0 Å². The molecule has 1 N–H and O–H groups in total. The van der Waals surface area contributed by atoms with Crippen LogP contribution < -0.4 is 10.2 Å². The number of anilines is 2. The van der Waals surface area contributed by atoms with Gasteiger partial charge in [0.05, 0.1) is 10.6 Å². The number of thiocarbonyl (C=S) groups is 1. The Morgan fingerprint density at radius 2 is 1.97 bits per heavy atom. The molecule has 1 aliphatic rings. The molecule has 2 aromatic carbocycles. The molecule has 8 heteroatoms. The number of hydrogen-bond donors (Lipinski definition) is 1. The molecule has 0 atom stereocenters. The number of benzene rings is 2. The first kappa shape index (κ1) is 19.1. The van der Waals surface area contributed by atoms with Crippen LogP contribution in [0.5, 0.6) is 0 Å². The van der Waals surface area contributed by atoms with Crippen molar-refractivity contribution in [1.82, 2.24) is 5.16 Å². The van der Waals surface area contributed by atoms with Crippen molar-refractivity contribution in [2.24, 2.45) is 0 Å². The van der Waals surface area contributed by atoms with Crippen LogP contribution >= 0.6 is 24.0 Å². The van der Waals surface area contributed by atoms with E-state index in [4.69, 9.17) is 16.7 Å². The zero-order valence-corrected chi connectivity index (χ0v) is 16.9. The third kappa shape index (κ3) is 4.13. The van der Waals surface area contributed by atoms with Gasteiger partial charge < -0.3 is 9.84 Å². The summed E-state index contributed by atoms with van der Waals surface area (Å²) in [6.07, 6.45) is 1.81. The van der Waals surface area contributed by atoms with Gasteiger partial charge in [0.25, 0.3) is 11.8 Å². The van der Waals surface area contributed by atoms with Crippen LogP contribution in [-0.2, 0) is 4.79 Å². The highest BCUT2D eigenvalue weighted by Crippen LogP contribution is 2.36. The van der Waals surface area contributed by atoms with E-state index < -0.39 is 0 Å². The van der Waals surface area contributed by atoms with Crippen LogP contribution in [0.25, 0.3) is 6.08 Å². The minimum atomic E-state index is -0.356. The van der Waals surface area contributed by atoms with Crippen molar-refractivity contribution in [2.45, 2.75) is 6.92 Å². The van der Waals surface area contributed by atoms with Gasteiger partial charge in [0.2, 0.25) is 0 Å². The number of aryl methyl sites for hydroxylation is 1. The van der Waals surface area contributed by atoms with Gasteiger partial charge in [-0.05, 0) is 36.8 Å². The van der Waals surface area contributed by atoms with Crippen molar-refractivity contribution in [2.75, 3.05) is 10.2 Å². The highest BCUT2D eigenvalue weighted by Gasteiger charge is 2.33. The second kappa shape index (κ2) is 8.02. The summed E-state index contributed by atoms with van der Waals surface area (Å²) in [5, 5.41) is 6.42. The van der Waals surface area contributed by atoms with Gasteiger partial charge in [0.1, 0.15) is 5.76 Å². The summed E-state index contributed by atoms with van der Waals surface area (Å²) >= 11 is 6.65. The van der Waals surface area contributed by atoms with E-state index in [1.54, 1.807) is 37.3 Å². The Morgan fingerprint density at radius 1 is 1.17 bits per heavy atom. The summed E-state index contributed by atoms with van der Waals surface area (Å²) in [5.74, 6) is 0.352. The summed E-state index contributed by atoms with van der Waals surface area (Å²) in [4.78, 5) is 27.4. The van der Waals surface area contributed by atoms with E-state index in [9.17, 15) is 9.59 Å². The average molecular weight is 422 g/mol. The summed E-state index contributed by atoms with van der Waals surface area (Å²) in [6.45, 7) is 1.74. The number of hydrogen-bond acceptors (Lipinski definition) is 6. The zero-order valence-electron chi connectivity index (χ0n) is 15.3. The van der Waals surface area contributed by atoms with Crippen LogP contribution in [0.3, 0.4) is 0 Å². The lowest BCUT2D eigenvalue weighted by Crippen LogP contribution is -2.27. The van der Waals surface area contributed by atoms with Crippen LogP contribution in [0.2, 0.25) is 0 Å². The monoisotopic (exact) mass is 421 g/mol. The lowest BCUT2D eigenvalue weighted by molar-refractivity contribution is -0.113. The molecule has 2 amide bonds. The zero-order chi connectivity index (χ0) is 20.4. The van der Waals surface area contributed by atoms with E-state index in [0.29, 0.717) is 32.1 Å². The van der Waals surface area contributed by atoms with Gasteiger partial charge in [-0.1, -0.05) is 65.5 Å². The number of rotatable bonds is 4. The summed E-state index contributed by atoms with van der Waals surface area (Å²) < 4.78 is 5.37. The van der Waals surface area contributed by atoms with E-state index in [2.05, 4.69) is 10.5 Å². The maximum Gasteiger partial charge on any atom is 0.270 e. The van der Waals surface area contributed by atoms with Crippen LogP contribution in [0.15, 0.2) is 70.1 Å². The standard InChI is InChI=1S/C21H15N3O3S2/c1-13-10-18(23-27-13)22-19(25)15-8-5-9-16(12-15)24-20(26)17(29-21(24)28)11-14-6-3-2-4-7-14/h2-12H,1H3,(H,22,23,25). The molecule has 6 nitrogen and oxygen atoms in total. The fourth-order valence-corrected chi connectivity index (χ4v) is 4.09. The van der Waals surface area contributed by atoms with Crippen molar-refractivity contribution in [3.63, 3.8) is 0 Å². The van der Waals surface area contributed by atoms with Gasteiger partial charge in [-0.2, -0.15) is 0 Å². The Balaban J connectivity index is 1.57. The Kier molecular flexibility index (Phi) is 5.28. The molecular formula is C21H15N3O3S2. The smallest absolute Gasteiger partial charge is 0.270 e. The summed E-state index contributed by atoms with van der Waals surface area (Å²) in [5.41, 5.74) is 1.83. The van der Waals surface area contributed by atoms with Crippen LogP contribution in [0.4, 0.5) is 11.5 Å². The normalized spacial score (nSPS) is 15.2. The molecule has 1 aromatic heterocycles. The van der Waals surface area contributed by atoms with E-state index in [-0.39, 0.29) is 11.8 Å². The molecule has 144 valence electrons. The fourth-order valence-electron chi connectivity index (χ4n) is 2.79. The van der Waals surface area contributed by atoms with E-state index in [1.807, 2.05) is 36.4 Å². The average Bonchev–Trinajstić information content (AvgIpc) is 3.25. The van der Waals surface area contributed by atoms with E-state index in [1.165, 1.54) is 16.7 Å². The van der Waals surface area contributed by atoms with Crippen LogP contribution in [0, 0.1) is 6.92 Å². The molecule has 1 fully saturated rings. The predicted octanol–water partition coefficient (Wildman–Crippen LogP) is 4.64. The van der Waals surface area contributed by atoms with E-state index >= 15 is 0 Å². The van der Waals surface area contributed by atoms with Crippen molar-refractivity contribution < 1.29 is 14.1 Å². The Bertz CT molecular complexity index is 1140.